The first-order chi connectivity index (χ1) is 19.5. The zero-order valence-corrected chi connectivity index (χ0v) is 23.4. The molecule has 0 aliphatic carbocycles. The summed E-state index contributed by atoms with van der Waals surface area (Å²) in [6.07, 6.45) is 4.14. The van der Waals surface area contributed by atoms with Crippen LogP contribution in [-0.2, 0) is 21.4 Å². The van der Waals surface area contributed by atoms with Crippen LogP contribution < -0.4 is 16.3 Å². The van der Waals surface area contributed by atoms with E-state index in [0.717, 1.165) is 19.5 Å². The average molecular weight is 558 g/mol. The maximum atomic E-state index is 13.0. The number of carbonyl (C=O) groups excluding carboxylic acids is 3. The van der Waals surface area contributed by atoms with E-state index in [4.69, 9.17) is 4.74 Å². The second-order valence-electron chi connectivity index (χ2n) is 11.9. The lowest BCUT2D eigenvalue weighted by Crippen LogP contribution is -2.78. The Morgan fingerprint density at radius 2 is 1.76 bits per heavy atom. The summed E-state index contributed by atoms with van der Waals surface area (Å²) >= 11 is 0. The number of hydrogen-bond donors (Lipinski definition) is 2. The second kappa shape index (κ2) is 9.55. The van der Waals surface area contributed by atoms with Crippen molar-refractivity contribution in [2.24, 2.45) is 7.05 Å². The molecule has 3 amide bonds. The lowest BCUT2D eigenvalue weighted by Gasteiger charge is -2.61. The molecule has 3 aliphatic rings. The quantitative estimate of drug-likeness (QED) is 0.357. The summed E-state index contributed by atoms with van der Waals surface area (Å²) in [5.74, 6) is 5.90. The second-order valence-corrected chi connectivity index (χ2v) is 11.9. The number of hydrogen-bond acceptors (Lipinski definition) is 8. The molecule has 2 aromatic heterocycles. The van der Waals surface area contributed by atoms with Gasteiger partial charge in [-0.25, -0.2) is 19.6 Å². The van der Waals surface area contributed by atoms with Crippen LogP contribution in [0, 0.1) is 11.8 Å². The first-order valence-electron chi connectivity index (χ1n) is 13.6. The van der Waals surface area contributed by atoms with Gasteiger partial charge >= 0.3 is 11.8 Å². The van der Waals surface area contributed by atoms with Gasteiger partial charge in [0.15, 0.2) is 5.82 Å². The van der Waals surface area contributed by atoms with Gasteiger partial charge in [0.2, 0.25) is 11.8 Å². The highest BCUT2D eigenvalue weighted by molar-refractivity contribution is 6.00. The fraction of sp³-hybridized carbons (Fsp3) is 0.448. The number of amides is 3. The number of likely N-dealkylation sites (tertiary alicyclic amines) is 1. The molecule has 5 heterocycles. The van der Waals surface area contributed by atoms with Gasteiger partial charge in [-0.15, -0.1) is 0 Å². The van der Waals surface area contributed by atoms with E-state index < -0.39 is 17.6 Å². The van der Waals surface area contributed by atoms with E-state index in [-0.39, 0.29) is 42.1 Å². The van der Waals surface area contributed by atoms with Gasteiger partial charge in [0, 0.05) is 50.9 Å². The van der Waals surface area contributed by atoms with Crippen LogP contribution in [0.5, 0.6) is 0 Å². The number of benzene rings is 1. The number of aryl methyl sites for hydroxylation is 1. The molecule has 3 aromatic rings. The molecular weight excluding hydrogens is 526 g/mol. The van der Waals surface area contributed by atoms with Crippen LogP contribution in [0.2, 0.25) is 0 Å². The first-order valence-corrected chi connectivity index (χ1v) is 13.6. The Morgan fingerprint density at radius 3 is 2.39 bits per heavy atom. The van der Waals surface area contributed by atoms with Crippen LogP contribution >= 0.6 is 0 Å². The number of ether oxygens (including phenoxy) is 1. The van der Waals surface area contributed by atoms with Gasteiger partial charge in [-0.05, 0) is 45.4 Å². The molecular formula is C29H31N7O5. The molecule has 41 heavy (non-hydrogen) atoms. The minimum atomic E-state index is -0.742. The fourth-order valence-corrected chi connectivity index (χ4v) is 5.72. The van der Waals surface area contributed by atoms with Crippen molar-refractivity contribution in [3.8, 4) is 11.8 Å². The van der Waals surface area contributed by atoms with Crippen molar-refractivity contribution in [3.05, 3.63) is 58.0 Å². The maximum Gasteiger partial charge on any atom is 0.411 e. The summed E-state index contributed by atoms with van der Waals surface area (Å²) in [4.78, 5) is 60.7. The zero-order chi connectivity index (χ0) is 29.1. The smallest absolute Gasteiger partial charge is 0.411 e. The van der Waals surface area contributed by atoms with Gasteiger partial charge in [0.05, 0.1) is 28.2 Å². The number of imide groups is 1. The van der Waals surface area contributed by atoms with Gasteiger partial charge in [0.25, 0.3) is 0 Å². The van der Waals surface area contributed by atoms with Crippen molar-refractivity contribution in [3.63, 3.8) is 0 Å². The van der Waals surface area contributed by atoms with Crippen LogP contribution in [0.1, 0.15) is 69.1 Å². The maximum absolute atomic E-state index is 13.0. The zero-order valence-electron chi connectivity index (χ0n) is 23.4. The number of carbonyl (C=O) groups is 3. The molecule has 2 unspecified atom stereocenters. The number of fused-ring (bicyclic) bond motifs is 1. The van der Waals surface area contributed by atoms with Gasteiger partial charge in [0.1, 0.15) is 11.6 Å². The third-order valence-corrected chi connectivity index (χ3v) is 7.83. The molecule has 2 N–H and O–H groups in total. The van der Waals surface area contributed by atoms with Crippen molar-refractivity contribution in [2.75, 3.05) is 13.1 Å². The lowest BCUT2D eigenvalue weighted by atomic mass is 9.73. The summed E-state index contributed by atoms with van der Waals surface area (Å²) in [6.45, 7) is 6.99. The van der Waals surface area contributed by atoms with Crippen molar-refractivity contribution < 1.29 is 19.1 Å². The molecule has 0 bridgehead atoms. The van der Waals surface area contributed by atoms with E-state index in [2.05, 4.69) is 32.4 Å². The number of rotatable bonds is 2. The molecule has 3 aliphatic heterocycles. The molecule has 12 nitrogen and oxygen atoms in total. The largest absolute Gasteiger partial charge is 0.444 e. The van der Waals surface area contributed by atoms with Gasteiger partial charge < -0.3 is 10.1 Å². The fourth-order valence-electron chi connectivity index (χ4n) is 5.72. The minimum Gasteiger partial charge on any atom is -0.444 e. The molecule has 1 spiro atoms. The highest BCUT2D eigenvalue weighted by Crippen LogP contribution is 2.48. The van der Waals surface area contributed by atoms with E-state index in [0.29, 0.717) is 28.0 Å². The molecule has 212 valence electrons. The predicted octanol–water partition coefficient (Wildman–Crippen LogP) is 1.53. The Kier molecular flexibility index (Phi) is 6.22. The van der Waals surface area contributed by atoms with Gasteiger partial charge in [-0.2, -0.15) is 0 Å². The molecule has 12 heteroatoms. The summed E-state index contributed by atoms with van der Waals surface area (Å²) in [5, 5.41) is 5.56. The Morgan fingerprint density at radius 1 is 1.05 bits per heavy atom. The Labute approximate surface area is 236 Å². The SMILES string of the molecule is Cn1c(=O)n(C2CCC(=O)NC2=O)c2ccc(C#Cc3cnc(C4CC5(CNC5)N4C(=O)OC(C)(C)C)nc3)cc21. The number of piperidine rings is 1. The van der Waals surface area contributed by atoms with Crippen LogP contribution in [0.4, 0.5) is 4.79 Å². The highest BCUT2D eigenvalue weighted by Gasteiger charge is 2.60. The molecule has 3 fully saturated rings. The van der Waals surface area contributed by atoms with E-state index in [1.54, 1.807) is 42.5 Å². The highest BCUT2D eigenvalue weighted by atomic mass is 16.6. The number of aromatic nitrogens is 4. The van der Waals surface area contributed by atoms with E-state index in [1.807, 2.05) is 20.8 Å². The molecule has 0 saturated carbocycles. The Hall–Kier alpha value is -4.50. The van der Waals surface area contributed by atoms with E-state index in [1.165, 1.54) is 9.13 Å². The lowest BCUT2D eigenvalue weighted by molar-refractivity contribution is -0.135. The standard InChI is InChI=1S/C29H31N7O5/c1-28(2,3)41-27(40)36-22(12-29(36)15-30-16-29)24-31-13-18(14-32-24)6-5-17-7-8-19-21(11-17)34(4)26(39)35(19)20-9-10-23(37)33-25(20)38/h7-8,11,13-14,20,22,30H,9-10,12,15-16H2,1-4H3,(H,33,37,38). The van der Waals surface area contributed by atoms with Crippen molar-refractivity contribution in [1.29, 1.82) is 0 Å². The predicted molar refractivity (Wildman–Crippen MR) is 148 cm³/mol. The summed E-state index contributed by atoms with van der Waals surface area (Å²) in [7, 11) is 1.64. The van der Waals surface area contributed by atoms with Crippen molar-refractivity contribution in [2.45, 2.75) is 63.3 Å². The van der Waals surface area contributed by atoms with Crippen molar-refractivity contribution in [1.82, 2.24) is 34.6 Å². The normalized spacial score (nSPS) is 21.5. The monoisotopic (exact) mass is 557 g/mol. The van der Waals surface area contributed by atoms with Crippen molar-refractivity contribution >= 4 is 28.9 Å². The Balaban J connectivity index is 1.21. The third kappa shape index (κ3) is 4.66. The summed E-state index contributed by atoms with van der Waals surface area (Å²) in [6, 6.07) is 4.34. The molecule has 6 rings (SSSR count). The molecule has 3 saturated heterocycles. The number of imidazole rings is 1. The molecule has 1 aromatic carbocycles. The van der Waals surface area contributed by atoms with Crippen LogP contribution in [0.25, 0.3) is 11.0 Å². The van der Waals surface area contributed by atoms with E-state index in [9.17, 15) is 19.2 Å². The van der Waals surface area contributed by atoms with Gasteiger partial charge in [-0.1, -0.05) is 11.8 Å². The molecule has 2 atom stereocenters. The Bertz CT molecular complexity index is 1700. The topological polar surface area (TPSA) is 140 Å². The van der Waals surface area contributed by atoms with Crippen LogP contribution in [0.3, 0.4) is 0 Å². The van der Waals surface area contributed by atoms with Gasteiger partial charge in [-0.3, -0.25) is 28.9 Å². The number of nitrogens with zero attached hydrogens (tertiary/aromatic N) is 5. The molecule has 0 radical (unpaired) electrons. The summed E-state index contributed by atoms with van der Waals surface area (Å²) < 4.78 is 8.56. The number of nitrogens with one attached hydrogen (secondary N) is 2. The third-order valence-electron chi connectivity index (χ3n) is 7.83. The first kappa shape index (κ1) is 26.7. The average Bonchev–Trinajstić information content (AvgIpc) is 3.10. The van der Waals surface area contributed by atoms with E-state index >= 15 is 0 Å². The summed E-state index contributed by atoms with van der Waals surface area (Å²) in [5.41, 5.74) is 1.33. The van der Waals surface area contributed by atoms with Crippen LogP contribution in [-0.4, -0.2) is 66.1 Å². The minimum absolute atomic E-state index is 0.182. The van der Waals surface area contributed by atoms with Crippen LogP contribution in [0.15, 0.2) is 35.4 Å².